The van der Waals surface area contributed by atoms with Gasteiger partial charge in [-0.15, -0.1) is 0 Å². The van der Waals surface area contributed by atoms with Gasteiger partial charge in [-0.3, -0.25) is 0 Å². The number of nitrogens with two attached hydrogens (primary N) is 1. The summed E-state index contributed by atoms with van der Waals surface area (Å²) in [6, 6.07) is 0.248. The Kier molecular flexibility index (Phi) is 3.40. The second kappa shape index (κ2) is 4.12. The van der Waals surface area contributed by atoms with Crippen molar-refractivity contribution in [1.82, 2.24) is 0 Å². The van der Waals surface area contributed by atoms with Gasteiger partial charge in [0.15, 0.2) is 0 Å². The quantitative estimate of drug-likeness (QED) is 0.678. The van der Waals surface area contributed by atoms with Crippen LogP contribution in [0, 0.1) is 5.92 Å². The van der Waals surface area contributed by atoms with E-state index in [4.69, 9.17) is 5.73 Å². The Balaban J connectivity index is 2.35. The Hall–Kier alpha value is -0.0200. The van der Waals surface area contributed by atoms with E-state index in [0.717, 1.165) is 12.2 Å². The molecule has 0 aliphatic carbocycles. The van der Waals surface area contributed by atoms with Crippen LogP contribution in [0.5, 0.6) is 0 Å². The minimum Gasteiger partial charge on any atom is -0.327 e. The molecule has 2 nitrogen and oxygen atoms in total. The SMILES string of the molecule is CC(=O)CC1CCSCC1N. The fraction of sp³-hybridized carbons (Fsp3) is 0.875. The first-order valence-corrected chi connectivity index (χ1v) is 5.18. The highest BCUT2D eigenvalue weighted by molar-refractivity contribution is 7.99. The van der Waals surface area contributed by atoms with Crippen molar-refractivity contribution in [2.24, 2.45) is 11.7 Å². The van der Waals surface area contributed by atoms with Crippen LogP contribution in [0.15, 0.2) is 0 Å². The smallest absolute Gasteiger partial charge is 0.130 e. The Morgan fingerprint density at radius 2 is 2.45 bits per heavy atom. The number of Topliss-reactive ketones (excluding diaryl/α,β-unsaturated/α-hetero) is 1. The third-order valence-corrected chi connectivity index (χ3v) is 3.24. The molecule has 11 heavy (non-hydrogen) atoms. The zero-order valence-corrected chi connectivity index (χ0v) is 7.69. The molecule has 1 fully saturated rings. The average molecular weight is 173 g/mol. The molecule has 1 saturated heterocycles. The van der Waals surface area contributed by atoms with Gasteiger partial charge in [0.05, 0.1) is 0 Å². The van der Waals surface area contributed by atoms with Gasteiger partial charge in [-0.1, -0.05) is 0 Å². The molecule has 0 aromatic rings. The number of carbonyl (C=O) groups excluding carboxylic acids is 1. The fourth-order valence-corrected chi connectivity index (χ4v) is 2.61. The van der Waals surface area contributed by atoms with Crippen molar-refractivity contribution in [2.75, 3.05) is 11.5 Å². The van der Waals surface area contributed by atoms with Crippen LogP contribution in [-0.2, 0) is 4.79 Å². The molecular weight excluding hydrogens is 158 g/mol. The summed E-state index contributed by atoms with van der Waals surface area (Å²) in [5.41, 5.74) is 5.85. The van der Waals surface area contributed by atoms with Gasteiger partial charge in [0.1, 0.15) is 5.78 Å². The van der Waals surface area contributed by atoms with Crippen LogP contribution in [0.25, 0.3) is 0 Å². The van der Waals surface area contributed by atoms with Gasteiger partial charge in [0.2, 0.25) is 0 Å². The molecule has 64 valence electrons. The van der Waals surface area contributed by atoms with E-state index >= 15 is 0 Å². The van der Waals surface area contributed by atoms with Crippen LogP contribution in [0.4, 0.5) is 0 Å². The first-order valence-electron chi connectivity index (χ1n) is 4.03. The summed E-state index contributed by atoms with van der Waals surface area (Å²) in [7, 11) is 0. The number of thioether (sulfide) groups is 1. The third kappa shape index (κ3) is 2.83. The number of carbonyl (C=O) groups is 1. The van der Waals surface area contributed by atoms with Gasteiger partial charge in [-0.25, -0.2) is 0 Å². The fourth-order valence-electron chi connectivity index (χ4n) is 1.43. The summed E-state index contributed by atoms with van der Waals surface area (Å²) in [6.07, 6.45) is 1.80. The predicted molar refractivity (Wildman–Crippen MR) is 48.7 cm³/mol. The molecule has 2 N–H and O–H groups in total. The molecule has 0 bridgehead atoms. The Morgan fingerprint density at radius 3 is 3.00 bits per heavy atom. The first kappa shape index (κ1) is 9.07. The molecule has 0 aromatic carbocycles. The van der Waals surface area contributed by atoms with Crippen LogP contribution in [-0.4, -0.2) is 23.3 Å². The van der Waals surface area contributed by atoms with E-state index in [9.17, 15) is 4.79 Å². The van der Waals surface area contributed by atoms with E-state index in [1.165, 1.54) is 5.75 Å². The number of ketones is 1. The topological polar surface area (TPSA) is 43.1 Å². The van der Waals surface area contributed by atoms with E-state index in [2.05, 4.69) is 0 Å². The van der Waals surface area contributed by atoms with Crippen molar-refractivity contribution in [3.8, 4) is 0 Å². The largest absolute Gasteiger partial charge is 0.327 e. The highest BCUT2D eigenvalue weighted by Gasteiger charge is 2.22. The lowest BCUT2D eigenvalue weighted by molar-refractivity contribution is -0.118. The highest BCUT2D eigenvalue weighted by Crippen LogP contribution is 2.24. The molecular formula is C8H15NOS. The van der Waals surface area contributed by atoms with E-state index < -0.39 is 0 Å². The van der Waals surface area contributed by atoms with Gasteiger partial charge in [-0.2, -0.15) is 11.8 Å². The summed E-state index contributed by atoms with van der Waals surface area (Å²) >= 11 is 1.90. The maximum absolute atomic E-state index is 10.8. The minimum atomic E-state index is 0.248. The summed E-state index contributed by atoms with van der Waals surface area (Å²) in [4.78, 5) is 10.8. The van der Waals surface area contributed by atoms with Crippen LogP contribution >= 0.6 is 11.8 Å². The molecule has 0 saturated carbocycles. The lowest BCUT2D eigenvalue weighted by Gasteiger charge is -2.27. The van der Waals surface area contributed by atoms with Gasteiger partial charge in [0, 0.05) is 18.2 Å². The van der Waals surface area contributed by atoms with Gasteiger partial charge >= 0.3 is 0 Å². The molecule has 0 radical (unpaired) electrons. The first-order chi connectivity index (χ1) is 5.20. The molecule has 0 amide bonds. The summed E-state index contributed by atoms with van der Waals surface area (Å²) in [6.45, 7) is 1.65. The lowest BCUT2D eigenvalue weighted by Crippen LogP contribution is -2.37. The summed E-state index contributed by atoms with van der Waals surface area (Å²) < 4.78 is 0. The van der Waals surface area contributed by atoms with E-state index in [1.807, 2.05) is 11.8 Å². The summed E-state index contributed by atoms with van der Waals surface area (Å²) in [5, 5.41) is 0. The van der Waals surface area contributed by atoms with E-state index in [-0.39, 0.29) is 11.8 Å². The minimum absolute atomic E-state index is 0.248. The zero-order chi connectivity index (χ0) is 8.27. The standard InChI is InChI=1S/C8H15NOS/c1-6(10)4-7-2-3-11-5-8(7)9/h7-8H,2-5,9H2,1H3. The number of hydrogen-bond donors (Lipinski definition) is 1. The molecule has 3 heteroatoms. The van der Waals surface area contributed by atoms with Crippen LogP contribution in [0.3, 0.4) is 0 Å². The lowest BCUT2D eigenvalue weighted by atomic mass is 9.93. The van der Waals surface area contributed by atoms with Crippen molar-refractivity contribution in [2.45, 2.75) is 25.8 Å². The van der Waals surface area contributed by atoms with E-state index in [1.54, 1.807) is 6.92 Å². The van der Waals surface area contributed by atoms with Crippen molar-refractivity contribution in [3.05, 3.63) is 0 Å². The van der Waals surface area contributed by atoms with Crippen molar-refractivity contribution in [1.29, 1.82) is 0 Å². The maximum atomic E-state index is 10.8. The molecule has 2 atom stereocenters. The van der Waals surface area contributed by atoms with Crippen LogP contribution < -0.4 is 5.73 Å². The van der Waals surface area contributed by atoms with Crippen molar-refractivity contribution < 1.29 is 4.79 Å². The molecule has 1 heterocycles. The average Bonchev–Trinajstić information content (AvgIpc) is 1.93. The molecule has 0 aromatic heterocycles. The Bertz CT molecular complexity index is 149. The van der Waals surface area contributed by atoms with Crippen LogP contribution in [0.2, 0.25) is 0 Å². The Morgan fingerprint density at radius 1 is 1.73 bits per heavy atom. The highest BCUT2D eigenvalue weighted by atomic mass is 32.2. The van der Waals surface area contributed by atoms with Gasteiger partial charge in [0.25, 0.3) is 0 Å². The van der Waals surface area contributed by atoms with Gasteiger partial charge in [-0.05, 0) is 25.0 Å². The third-order valence-electron chi connectivity index (χ3n) is 2.10. The number of hydrogen-bond acceptors (Lipinski definition) is 3. The number of rotatable bonds is 2. The molecule has 0 spiro atoms. The van der Waals surface area contributed by atoms with Crippen molar-refractivity contribution >= 4 is 17.5 Å². The molecule has 1 aliphatic heterocycles. The Labute approximate surface area is 71.9 Å². The summed E-state index contributed by atoms with van der Waals surface area (Å²) in [5.74, 6) is 2.93. The predicted octanol–water partition coefficient (Wildman–Crippen LogP) is 1.05. The molecule has 1 aliphatic rings. The molecule has 2 unspecified atom stereocenters. The zero-order valence-electron chi connectivity index (χ0n) is 6.88. The second-order valence-corrected chi connectivity index (χ2v) is 4.34. The second-order valence-electron chi connectivity index (χ2n) is 3.19. The van der Waals surface area contributed by atoms with Gasteiger partial charge < -0.3 is 10.5 Å². The van der Waals surface area contributed by atoms with E-state index in [0.29, 0.717) is 12.3 Å². The maximum Gasteiger partial charge on any atom is 0.130 e. The normalized spacial score (nSPS) is 31.8. The monoisotopic (exact) mass is 173 g/mol. The molecule has 1 rings (SSSR count). The van der Waals surface area contributed by atoms with Crippen molar-refractivity contribution in [3.63, 3.8) is 0 Å². The van der Waals surface area contributed by atoms with Crippen LogP contribution in [0.1, 0.15) is 19.8 Å².